The molecule has 1 fully saturated rings. The van der Waals surface area contributed by atoms with E-state index in [4.69, 9.17) is 4.74 Å². The Morgan fingerprint density at radius 1 is 1.31 bits per heavy atom. The van der Waals surface area contributed by atoms with Crippen molar-refractivity contribution in [2.45, 2.75) is 11.0 Å². The first-order chi connectivity index (χ1) is 13.8. The van der Waals surface area contributed by atoms with Crippen molar-refractivity contribution in [3.63, 3.8) is 0 Å². The molecule has 1 aliphatic rings. The number of rotatable bonds is 4. The van der Waals surface area contributed by atoms with Gasteiger partial charge in [-0.05, 0) is 11.5 Å². The third kappa shape index (κ3) is 3.57. The molecular weight excluding hydrogens is 412 g/mol. The summed E-state index contributed by atoms with van der Waals surface area (Å²) < 4.78 is 35.9. The smallest absolute Gasteiger partial charge is 0.263 e. The molecule has 3 heterocycles. The van der Waals surface area contributed by atoms with Gasteiger partial charge in [-0.1, -0.05) is 18.2 Å². The van der Waals surface area contributed by atoms with Gasteiger partial charge in [0.15, 0.2) is 0 Å². The van der Waals surface area contributed by atoms with Gasteiger partial charge in [0.05, 0.1) is 23.8 Å². The number of hydrogen-bond donors (Lipinski definition) is 0. The maximum atomic E-state index is 13.1. The second-order valence-corrected chi connectivity index (χ2v) is 10.1. The van der Waals surface area contributed by atoms with Crippen LogP contribution in [-0.2, 0) is 21.8 Å². The largest absolute Gasteiger partial charge is 0.371 e. The van der Waals surface area contributed by atoms with Gasteiger partial charge in [-0.3, -0.25) is 9.48 Å². The van der Waals surface area contributed by atoms with Crippen LogP contribution in [0.5, 0.6) is 0 Å². The predicted molar refractivity (Wildman–Crippen MR) is 111 cm³/mol. The zero-order valence-corrected chi connectivity index (χ0v) is 18.0. The van der Waals surface area contributed by atoms with Crippen molar-refractivity contribution in [2.24, 2.45) is 7.05 Å². The van der Waals surface area contributed by atoms with E-state index in [-0.39, 0.29) is 30.5 Å². The van der Waals surface area contributed by atoms with Crippen molar-refractivity contribution in [3.8, 4) is 0 Å². The van der Waals surface area contributed by atoms with Crippen LogP contribution in [0.4, 0.5) is 0 Å². The second-order valence-electron chi connectivity index (χ2n) is 7.11. The summed E-state index contributed by atoms with van der Waals surface area (Å²) in [4.78, 5) is 15.1. The van der Waals surface area contributed by atoms with Crippen molar-refractivity contribution in [1.29, 1.82) is 0 Å². The van der Waals surface area contributed by atoms with Crippen molar-refractivity contribution < 1.29 is 17.9 Å². The van der Waals surface area contributed by atoms with Gasteiger partial charge >= 0.3 is 0 Å². The quantitative estimate of drug-likeness (QED) is 0.628. The molecule has 2 aromatic heterocycles. The van der Waals surface area contributed by atoms with Gasteiger partial charge in [-0.25, -0.2) is 8.42 Å². The standard InChI is InChI=1S/C19H22N4O4S2/c1-21(2)19(24)18-17(14-6-4-5-7-16(14)28-18)15-12-23(8-9-27-15)29(25,26)13-10-20-22(3)11-13/h4-7,10-11,15H,8-9,12H2,1-3H3. The Hall–Kier alpha value is -2.27. The van der Waals surface area contributed by atoms with Crippen LogP contribution in [0.1, 0.15) is 21.3 Å². The number of hydrogen-bond acceptors (Lipinski definition) is 6. The molecule has 8 nitrogen and oxygen atoms in total. The molecule has 1 unspecified atom stereocenters. The molecular formula is C19H22N4O4S2. The van der Waals surface area contributed by atoms with Crippen LogP contribution in [-0.4, -0.2) is 67.1 Å². The molecule has 1 atom stereocenters. The third-order valence-corrected chi connectivity index (χ3v) is 7.90. The molecule has 0 bridgehead atoms. The first-order valence-electron chi connectivity index (χ1n) is 9.12. The van der Waals surface area contributed by atoms with Gasteiger partial charge in [-0.15, -0.1) is 11.3 Å². The first-order valence-corrected chi connectivity index (χ1v) is 11.4. The summed E-state index contributed by atoms with van der Waals surface area (Å²) in [7, 11) is 1.40. The Labute approximate surface area is 173 Å². The summed E-state index contributed by atoms with van der Waals surface area (Å²) in [6.45, 7) is 0.655. The number of aromatic nitrogens is 2. The van der Waals surface area contributed by atoms with Crippen LogP contribution < -0.4 is 0 Å². The molecule has 0 saturated carbocycles. The molecule has 10 heteroatoms. The first kappa shape index (κ1) is 20.0. The monoisotopic (exact) mass is 434 g/mol. The number of amides is 1. The number of thiophene rings is 1. The summed E-state index contributed by atoms with van der Waals surface area (Å²) in [6.07, 6.45) is 2.31. The molecule has 3 aromatic rings. The van der Waals surface area contributed by atoms with Crippen LogP contribution in [0, 0.1) is 0 Å². The van der Waals surface area contributed by atoms with Crippen molar-refractivity contribution >= 4 is 37.4 Å². The Morgan fingerprint density at radius 2 is 2.07 bits per heavy atom. The minimum Gasteiger partial charge on any atom is -0.371 e. The SMILES string of the molecule is CN(C)C(=O)c1sc2ccccc2c1C1CN(S(=O)(=O)c2cnn(C)c2)CCO1. The summed E-state index contributed by atoms with van der Waals surface area (Å²) >= 11 is 1.41. The molecule has 1 aromatic carbocycles. The lowest BCUT2D eigenvalue weighted by atomic mass is 10.0. The van der Waals surface area contributed by atoms with Gasteiger partial charge in [0.25, 0.3) is 5.91 Å². The Morgan fingerprint density at radius 3 is 2.76 bits per heavy atom. The molecule has 0 aliphatic carbocycles. The highest BCUT2D eigenvalue weighted by Crippen LogP contribution is 2.39. The van der Waals surface area contributed by atoms with Crippen molar-refractivity contribution in [3.05, 3.63) is 47.1 Å². The topological polar surface area (TPSA) is 84.7 Å². The normalized spacial score (nSPS) is 18.2. The number of fused-ring (bicyclic) bond motifs is 1. The van der Waals surface area contributed by atoms with E-state index in [0.29, 0.717) is 4.88 Å². The summed E-state index contributed by atoms with van der Waals surface area (Å²) in [5, 5.41) is 4.90. The molecule has 4 rings (SSSR count). The Balaban J connectivity index is 1.74. The van der Waals surface area contributed by atoms with E-state index < -0.39 is 16.1 Å². The van der Waals surface area contributed by atoms with Crippen LogP contribution in [0.3, 0.4) is 0 Å². The van der Waals surface area contributed by atoms with Gasteiger partial charge in [0.1, 0.15) is 4.90 Å². The van der Waals surface area contributed by atoms with Gasteiger partial charge in [-0.2, -0.15) is 9.40 Å². The summed E-state index contributed by atoms with van der Waals surface area (Å²) in [6, 6.07) is 7.75. The lowest BCUT2D eigenvalue weighted by Gasteiger charge is -2.32. The fourth-order valence-corrected chi connectivity index (χ4v) is 6.13. The zero-order chi connectivity index (χ0) is 20.8. The molecule has 29 heavy (non-hydrogen) atoms. The number of carbonyl (C=O) groups excluding carboxylic acids is 1. The Bertz CT molecular complexity index is 1170. The number of ether oxygens (including phenoxy) is 1. The fourth-order valence-electron chi connectivity index (χ4n) is 3.45. The lowest BCUT2D eigenvalue weighted by Crippen LogP contribution is -2.42. The summed E-state index contributed by atoms with van der Waals surface area (Å²) in [5.74, 6) is -0.114. The van der Waals surface area contributed by atoms with E-state index in [9.17, 15) is 13.2 Å². The maximum Gasteiger partial charge on any atom is 0.263 e. The highest BCUT2D eigenvalue weighted by Gasteiger charge is 2.35. The molecule has 0 radical (unpaired) electrons. The lowest BCUT2D eigenvalue weighted by molar-refractivity contribution is -0.00203. The average Bonchev–Trinajstić information content (AvgIpc) is 3.31. The molecule has 0 N–H and O–H groups in total. The van der Waals surface area contributed by atoms with Crippen LogP contribution >= 0.6 is 11.3 Å². The van der Waals surface area contributed by atoms with Gasteiger partial charge < -0.3 is 9.64 Å². The number of aryl methyl sites for hydroxylation is 1. The molecule has 1 aliphatic heterocycles. The number of sulfonamides is 1. The molecule has 154 valence electrons. The van der Waals surface area contributed by atoms with E-state index in [1.807, 2.05) is 24.3 Å². The molecule has 1 saturated heterocycles. The van der Waals surface area contributed by atoms with Crippen LogP contribution in [0.15, 0.2) is 41.6 Å². The number of benzene rings is 1. The third-order valence-electron chi connectivity index (χ3n) is 4.90. The van der Waals surface area contributed by atoms with Gasteiger partial charge in [0, 0.05) is 50.7 Å². The summed E-state index contributed by atoms with van der Waals surface area (Å²) in [5.41, 5.74) is 0.760. The van der Waals surface area contributed by atoms with E-state index in [2.05, 4.69) is 5.10 Å². The Kier molecular flexibility index (Phi) is 5.19. The average molecular weight is 435 g/mol. The zero-order valence-electron chi connectivity index (χ0n) is 16.4. The number of nitrogens with zero attached hydrogens (tertiary/aromatic N) is 4. The van der Waals surface area contributed by atoms with Crippen molar-refractivity contribution in [2.75, 3.05) is 33.8 Å². The van der Waals surface area contributed by atoms with Crippen LogP contribution in [0.25, 0.3) is 10.1 Å². The second kappa shape index (κ2) is 7.52. The fraction of sp³-hybridized carbons (Fsp3) is 0.368. The molecule has 1 amide bonds. The maximum absolute atomic E-state index is 13.1. The highest BCUT2D eigenvalue weighted by atomic mass is 32.2. The number of morpholine rings is 1. The minimum absolute atomic E-state index is 0.114. The minimum atomic E-state index is -3.69. The van der Waals surface area contributed by atoms with Crippen LogP contribution in [0.2, 0.25) is 0 Å². The number of carbonyl (C=O) groups is 1. The molecule has 0 spiro atoms. The predicted octanol–water partition coefficient (Wildman–Crippen LogP) is 2.10. The van der Waals surface area contributed by atoms with Crippen molar-refractivity contribution in [1.82, 2.24) is 19.0 Å². The van der Waals surface area contributed by atoms with Gasteiger partial charge in [0.2, 0.25) is 10.0 Å². The van der Waals surface area contributed by atoms with E-state index >= 15 is 0 Å². The van der Waals surface area contributed by atoms with E-state index in [1.165, 1.54) is 37.6 Å². The van der Waals surface area contributed by atoms with E-state index in [0.717, 1.165) is 15.6 Å². The van der Waals surface area contributed by atoms with E-state index in [1.54, 1.807) is 21.1 Å². The highest BCUT2D eigenvalue weighted by molar-refractivity contribution is 7.89.